The first-order valence-electron chi connectivity index (χ1n) is 7.90. The van der Waals surface area contributed by atoms with Crippen LogP contribution in [0.5, 0.6) is 0 Å². The van der Waals surface area contributed by atoms with Gasteiger partial charge in [0.15, 0.2) is 5.76 Å². The van der Waals surface area contributed by atoms with Gasteiger partial charge in [-0.15, -0.1) is 0 Å². The Morgan fingerprint density at radius 1 is 1.17 bits per heavy atom. The molecule has 0 saturated carbocycles. The normalized spacial score (nSPS) is 18.6. The molecule has 1 aliphatic rings. The van der Waals surface area contributed by atoms with E-state index in [-0.39, 0.29) is 16.8 Å². The lowest BCUT2D eigenvalue weighted by Crippen LogP contribution is -2.41. The van der Waals surface area contributed by atoms with Gasteiger partial charge in [-0.05, 0) is 62.6 Å². The van der Waals surface area contributed by atoms with Crippen molar-refractivity contribution in [1.29, 1.82) is 0 Å². The third-order valence-electron chi connectivity index (χ3n) is 4.35. The Labute approximate surface area is 141 Å². The van der Waals surface area contributed by atoms with Crippen molar-refractivity contribution in [2.24, 2.45) is 5.14 Å². The standard InChI is InChI=1S/C17H20N2O4S/c1-12-4-2-3-11-19(12)17(20)16-10-9-15(23-16)13-5-7-14(8-6-13)24(18,21)22/h5-10,12H,2-4,11H2,1H3,(H2,18,21,22)/t12-/m0/s1. The molecular weight excluding hydrogens is 328 g/mol. The Morgan fingerprint density at radius 3 is 2.50 bits per heavy atom. The van der Waals surface area contributed by atoms with Gasteiger partial charge >= 0.3 is 0 Å². The van der Waals surface area contributed by atoms with Gasteiger partial charge in [0, 0.05) is 18.2 Å². The SMILES string of the molecule is C[C@H]1CCCCN1C(=O)c1ccc(-c2ccc(S(N)(=O)=O)cc2)o1. The highest BCUT2D eigenvalue weighted by Gasteiger charge is 2.26. The average molecular weight is 348 g/mol. The number of rotatable bonds is 3. The van der Waals surface area contributed by atoms with Crippen molar-refractivity contribution in [2.75, 3.05) is 6.54 Å². The molecule has 1 aromatic carbocycles. The molecule has 1 fully saturated rings. The minimum Gasteiger partial charge on any atom is -0.451 e. The van der Waals surface area contributed by atoms with E-state index in [4.69, 9.17) is 9.56 Å². The van der Waals surface area contributed by atoms with Gasteiger partial charge in [0.25, 0.3) is 5.91 Å². The molecule has 3 rings (SSSR count). The lowest BCUT2D eigenvalue weighted by Gasteiger charge is -2.32. The number of furan rings is 1. The molecule has 1 amide bonds. The highest BCUT2D eigenvalue weighted by molar-refractivity contribution is 7.89. The number of amides is 1. The monoisotopic (exact) mass is 348 g/mol. The molecule has 2 heterocycles. The summed E-state index contributed by atoms with van der Waals surface area (Å²) < 4.78 is 28.3. The number of carbonyl (C=O) groups excluding carboxylic acids is 1. The van der Waals surface area contributed by atoms with E-state index in [0.717, 1.165) is 25.8 Å². The number of hydrogen-bond acceptors (Lipinski definition) is 4. The fourth-order valence-corrected chi connectivity index (χ4v) is 3.47. The van der Waals surface area contributed by atoms with Crippen molar-refractivity contribution in [3.8, 4) is 11.3 Å². The molecule has 1 saturated heterocycles. The van der Waals surface area contributed by atoms with E-state index >= 15 is 0 Å². The number of sulfonamides is 1. The van der Waals surface area contributed by atoms with E-state index in [2.05, 4.69) is 0 Å². The van der Waals surface area contributed by atoms with E-state index in [1.165, 1.54) is 12.1 Å². The first-order chi connectivity index (χ1) is 11.4. The van der Waals surface area contributed by atoms with E-state index in [9.17, 15) is 13.2 Å². The van der Waals surface area contributed by atoms with Crippen molar-refractivity contribution < 1.29 is 17.6 Å². The van der Waals surface area contributed by atoms with Crippen molar-refractivity contribution in [3.05, 3.63) is 42.2 Å². The molecule has 7 heteroatoms. The molecule has 1 aromatic heterocycles. The first-order valence-corrected chi connectivity index (χ1v) is 9.45. The van der Waals surface area contributed by atoms with Crippen LogP contribution in [0.15, 0.2) is 45.7 Å². The van der Waals surface area contributed by atoms with E-state index < -0.39 is 10.0 Å². The molecule has 0 spiro atoms. The van der Waals surface area contributed by atoms with Gasteiger partial charge in [-0.3, -0.25) is 4.79 Å². The highest BCUT2D eigenvalue weighted by atomic mass is 32.2. The van der Waals surface area contributed by atoms with Crippen LogP contribution in [0, 0.1) is 0 Å². The Hall–Kier alpha value is -2.12. The number of benzene rings is 1. The molecule has 2 N–H and O–H groups in total. The van der Waals surface area contributed by atoms with Crippen LogP contribution in [0.1, 0.15) is 36.7 Å². The maximum Gasteiger partial charge on any atom is 0.289 e. The summed E-state index contributed by atoms with van der Waals surface area (Å²) in [7, 11) is -3.72. The summed E-state index contributed by atoms with van der Waals surface area (Å²) in [4.78, 5) is 14.5. The lowest BCUT2D eigenvalue weighted by atomic mass is 10.0. The van der Waals surface area contributed by atoms with Crippen molar-refractivity contribution in [1.82, 2.24) is 4.90 Å². The molecule has 0 aliphatic carbocycles. The predicted molar refractivity (Wildman–Crippen MR) is 89.9 cm³/mol. The predicted octanol–water partition coefficient (Wildman–Crippen LogP) is 2.61. The molecule has 0 radical (unpaired) electrons. The Kier molecular flexibility index (Phi) is 4.47. The summed E-state index contributed by atoms with van der Waals surface area (Å²) in [6, 6.07) is 9.64. The number of nitrogens with two attached hydrogens (primary N) is 1. The molecule has 2 aromatic rings. The largest absolute Gasteiger partial charge is 0.451 e. The maximum absolute atomic E-state index is 12.6. The number of hydrogen-bond donors (Lipinski definition) is 1. The second-order valence-corrected chi connectivity index (χ2v) is 7.64. The average Bonchev–Trinajstić information content (AvgIpc) is 3.04. The van der Waals surface area contributed by atoms with Crippen LogP contribution in [0.2, 0.25) is 0 Å². The molecule has 0 bridgehead atoms. The third kappa shape index (κ3) is 3.37. The quantitative estimate of drug-likeness (QED) is 0.922. The molecular formula is C17H20N2O4S. The Morgan fingerprint density at radius 2 is 1.88 bits per heavy atom. The lowest BCUT2D eigenvalue weighted by molar-refractivity contribution is 0.0604. The van der Waals surface area contributed by atoms with Crippen molar-refractivity contribution in [3.63, 3.8) is 0 Å². The number of nitrogens with zero attached hydrogens (tertiary/aromatic N) is 1. The smallest absolute Gasteiger partial charge is 0.289 e. The minimum atomic E-state index is -3.72. The summed E-state index contributed by atoms with van der Waals surface area (Å²) >= 11 is 0. The second-order valence-electron chi connectivity index (χ2n) is 6.08. The topological polar surface area (TPSA) is 93.6 Å². The van der Waals surface area contributed by atoms with Crippen LogP contribution in [0.25, 0.3) is 11.3 Å². The fourth-order valence-electron chi connectivity index (χ4n) is 2.96. The Bertz CT molecular complexity index is 840. The zero-order valence-electron chi connectivity index (χ0n) is 13.4. The molecule has 128 valence electrons. The number of likely N-dealkylation sites (tertiary alicyclic amines) is 1. The van der Waals surface area contributed by atoms with Gasteiger partial charge in [-0.2, -0.15) is 0 Å². The molecule has 0 unspecified atom stereocenters. The molecule has 1 aliphatic heterocycles. The van der Waals surface area contributed by atoms with Crippen LogP contribution >= 0.6 is 0 Å². The van der Waals surface area contributed by atoms with E-state index in [1.54, 1.807) is 24.3 Å². The zero-order valence-corrected chi connectivity index (χ0v) is 14.3. The van der Waals surface area contributed by atoms with Crippen LogP contribution in [0.4, 0.5) is 0 Å². The molecule has 1 atom stereocenters. The first kappa shape index (κ1) is 16.7. The summed E-state index contributed by atoms with van der Waals surface area (Å²) in [6.45, 7) is 2.80. The van der Waals surface area contributed by atoms with Crippen LogP contribution < -0.4 is 5.14 Å². The molecule has 24 heavy (non-hydrogen) atoms. The third-order valence-corrected chi connectivity index (χ3v) is 5.28. The number of piperidine rings is 1. The number of primary sulfonamides is 1. The summed E-state index contributed by atoms with van der Waals surface area (Å²) in [5.41, 5.74) is 0.688. The van der Waals surface area contributed by atoms with Crippen LogP contribution in [-0.4, -0.2) is 31.8 Å². The fraction of sp³-hybridized carbons (Fsp3) is 0.353. The molecule has 6 nitrogen and oxygen atoms in total. The van der Waals surface area contributed by atoms with E-state index in [0.29, 0.717) is 17.1 Å². The minimum absolute atomic E-state index is 0.0382. The van der Waals surface area contributed by atoms with Crippen LogP contribution in [-0.2, 0) is 10.0 Å². The Balaban J connectivity index is 1.81. The van der Waals surface area contributed by atoms with Crippen LogP contribution in [0.3, 0.4) is 0 Å². The summed E-state index contributed by atoms with van der Waals surface area (Å²) in [6.07, 6.45) is 3.16. The second kappa shape index (κ2) is 6.41. The van der Waals surface area contributed by atoms with Gasteiger partial charge in [0.2, 0.25) is 10.0 Å². The van der Waals surface area contributed by atoms with Crippen molar-refractivity contribution >= 4 is 15.9 Å². The van der Waals surface area contributed by atoms with Gasteiger partial charge < -0.3 is 9.32 Å². The summed E-state index contributed by atoms with van der Waals surface area (Å²) in [5, 5.41) is 5.08. The number of carbonyl (C=O) groups is 1. The highest BCUT2D eigenvalue weighted by Crippen LogP contribution is 2.26. The maximum atomic E-state index is 12.6. The summed E-state index contributed by atoms with van der Waals surface area (Å²) in [5.74, 6) is 0.716. The van der Waals surface area contributed by atoms with Gasteiger partial charge in [0.05, 0.1) is 4.90 Å². The van der Waals surface area contributed by atoms with Gasteiger partial charge in [-0.25, -0.2) is 13.6 Å². The van der Waals surface area contributed by atoms with Gasteiger partial charge in [-0.1, -0.05) is 0 Å². The van der Waals surface area contributed by atoms with Gasteiger partial charge in [0.1, 0.15) is 5.76 Å². The zero-order chi connectivity index (χ0) is 17.3. The van der Waals surface area contributed by atoms with E-state index in [1.807, 2.05) is 11.8 Å². The van der Waals surface area contributed by atoms with Crippen molar-refractivity contribution in [2.45, 2.75) is 37.1 Å².